The topological polar surface area (TPSA) is 68.5 Å². The Morgan fingerprint density at radius 2 is 2.17 bits per heavy atom. The molecule has 0 aliphatic carbocycles. The van der Waals surface area contributed by atoms with Gasteiger partial charge in [0.15, 0.2) is 5.13 Å². The lowest BCUT2D eigenvalue weighted by molar-refractivity contribution is 0.0915. The number of carbonyl (C=O) groups excluding carboxylic acids is 1. The van der Waals surface area contributed by atoms with Gasteiger partial charge < -0.3 is 9.26 Å². The van der Waals surface area contributed by atoms with Crippen molar-refractivity contribution in [1.82, 2.24) is 10.1 Å². The number of halogens is 2. The number of hydrogen-bond donors (Lipinski definition) is 0. The maximum Gasteiger partial charge on any atom is 0.265 e. The Hall–Kier alpha value is -1.93. The van der Waals surface area contributed by atoms with Crippen molar-refractivity contribution < 1.29 is 14.1 Å². The van der Waals surface area contributed by atoms with E-state index in [1.54, 1.807) is 30.9 Å². The third-order valence-corrected chi connectivity index (χ3v) is 6.24. The van der Waals surface area contributed by atoms with Gasteiger partial charge >= 0.3 is 0 Å². The number of carbonyl (C=O) groups is 1. The average Bonchev–Trinajstić information content (AvgIpc) is 3.41. The highest BCUT2D eigenvalue weighted by Crippen LogP contribution is 2.34. The Labute approximate surface area is 182 Å². The fourth-order valence-corrected chi connectivity index (χ4v) is 4.71. The smallest absolute Gasteiger partial charge is 0.265 e. The van der Waals surface area contributed by atoms with Gasteiger partial charge in [-0.3, -0.25) is 9.69 Å². The van der Waals surface area contributed by atoms with E-state index in [2.05, 4.69) is 5.16 Å². The molecule has 1 aliphatic heterocycles. The van der Waals surface area contributed by atoms with Crippen LogP contribution in [0.15, 0.2) is 28.1 Å². The van der Waals surface area contributed by atoms with Gasteiger partial charge in [0.2, 0.25) is 0 Å². The van der Waals surface area contributed by atoms with Crippen molar-refractivity contribution in [2.24, 2.45) is 0 Å². The van der Waals surface area contributed by atoms with Crippen molar-refractivity contribution in [2.75, 3.05) is 18.1 Å². The number of rotatable bonds is 5. The van der Waals surface area contributed by atoms with Crippen LogP contribution in [0.2, 0.25) is 10.0 Å². The standard InChI is InChI=1S/C20H19Cl2N3O3S/c1-11-18(12(2)28-24-11)19(26)25(9-14-4-3-7-27-14)20-23-17(10-29-20)15-6-5-13(21)8-16(15)22/h5-6,8,10,14H,3-4,7,9H2,1-2H3. The van der Waals surface area contributed by atoms with Crippen LogP contribution in [0.25, 0.3) is 11.3 Å². The zero-order chi connectivity index (χ0) is 20.5. The molecule has 29 heavy (non-hydrogen) atoms. The lowest BCUT2D eigenvalue weighted by Crippen LogP contribution is -2.38. The van der Waals surface area contributed by atoms with E-state index in [4.69, 9.17) is 37.4 Å². The fraction of sp³-hybridized carbons (Fsp3) is 0.350. The second kappa shape index (κ2) is 8.44. The molecule has 0 spiro atoms. The first-order chi connectivity index (χ1) is 13.9. The van der Waals surface area contributed by atoms with E-state index in [1.807, 2.05) is 11.4 Å². The number of ether oxygens (including phenoxy) is 1. The fourth-order valence-electron chi connectivity index (χ4n) is 3.37. The Kier molecular flexibility index (Phi) is 5.92. The molecule has 3 heterocycles. The van der Waals surface area contributed by atoms with Gasteiger partial charge in [-0.15, -0.1) is 11.3 Å². The van der Waals surface area contributed by atoms with Gasteiger partial charge in [-0.25, -0.2) is 4.98 Å². The maximum absolute atomic E-state index is 13.4. The Balaban J connectivity index is 1.69. The van der Waals surface area contributed by atoms with E-state index in [9.17, 15) is 4.79 Å². The maximum atomic E-state index is 13.4. The van der Waals surface area contributed by atoms with Gasteiger partial charge in [0.1, 0.15) is 11.3 Å². The SMILES string of the molecule is Cc1noc(C)c1C(=O)N(CC1CCCO1)c1nc(-c2ccc(Cl)cc2Cl)cs1. The highest BCUT2D eigenvalue weighted by Gasteiger charge is 2.30. The summed E-state index contributed by atoms with van der Waals surface area (Å²) in [4.78, 5) is 19.7. The number of hydrogen-bond acceptors (Lipinski definition) is 6. The zero-order valence-electron chi connectivity index (χ0n) is 15.9. The number of nitrogens with zero attached hydrogens (tertiary/aromatic N) is 3. The van der Waals surface area contributed by atoms with E-state index >= 15 is 0 Å². The van der Waals surface area contributed by atoms with E-state index in [1.165, 1.54) is 11.3 Å². The molecular weight excluding hydrogens is 433 g/mol. The lowest BCUT2D eigenvalue weighted by atomic mass is 10.1. The summed E-state index contributed by atoms with van der Waals surface area (Å²) < 4.78 is 11.0. The van der Waals surface area contributed by atoms with Crippen LogP contribution in [-0.2, 0) is 4.74 Å². The summed E-state index contributed by atoms with van der Waals surface area (Å²) in [6.45, 7) is 4.62. The van der Waals surface area contributed by atoms with E-state index < -0.39 is 0 Å². The lowest BCUT2D eigenvalue weighted by Gasteiger charge is -2.23. The van der Waals surface area contributed by atoms with Crippen LogP contribution in [0.4, 0.5) is 5.13 Å². The molecule has 0 N–H and O–H groups in total. The van der Waals surface area contributed by atoms with Crippen LogP contribution >= 0.6 is 34.5 Å². The Morgan fingerprint density at radius 3 is 2.83 bits per heavy atom. The molecule has 0 saturated carbocycles. The van der Waals surface area contributed by atoms with Gasteiger partial charge in [-0.05, 0) is 44.9 Å². The number of anilines is 1. The number of aromatic nitrogens is 2. The molecule has 152 valence electrons. The number of benzene rings is 1. The first-order valence-electron chi connectivity index (χ1n) is 9.21. The Bertz CT molecular complexity index is 1020. The second-order valence-corrected chi connectivity index (χ2v) is 8.57. The highest BCUT2D eigenvalue weighted by molar-refractivity contribution is 7.14. The molecule has 9 heteroatoms. The molecule has 1 unspecified atom stereocenters. The predicted molar refractivity (Wildman–Crippen MR) is 114 cm³/mol. The molecule has 2 aromatic heterocycles. The van der Waals surface area contributed by atoms with E-state index in [0.29, 0.717) is 51.0 Å². The minimum absolute atomic E-state index is 0.0223. The van der Waals surface area contributed by atoms with E-state index in [-0.39, 0.29) is 12.0 Å². The van der Waals surface area contributed by atoms with Crippen LogP contribution < -0.4 is 4.90 Å². The summed E-state index contributed by atoms with van der Waals surface area (Å²) in [6.07, 6.45) is 1.87. The number of thiazole rings is 1. The van der Waals surface area contributed by atoms with Gasteiger partial charge in [0.25, 0.3) is 5.91 Å². The van der Waals surface area contributed by atoms with Crippen molar-refractivity contribution in [3.8, 4) is 11.3 Å². The summed E-state index contributed by atoms with van der Waals surface area (Å²) in [6, 6.07) is 5.27. The largest absolute Gasteiger partial charge is 0.376 e. The summed E-state index contributed by atoms with van der Waals surface area (Å²) in [5.41, 5.74) is 2.47. The normalized spacial score (nSPS) is 16.3. The second-order valence-electron chi connectivity index (χ2n) is 6.89. The molecule has 1 atom stereocenters. The van der Waals surface area contributed by atoms with Gasteiger partial charge in [0.05, 0.1) is 29.1 Å². The van der Waals surface area contributed by atoms with Crippen LogP contribution in [0.3, 0.4) is 0 Å². The first kappa shape index (κ1) is 20.3. The molecule has 0 radical (unpaired) electrons. The van der Waals surface area contributed by atoms with E-state index in [0.717, 1.165) is 18.4 Å². The molecule has 1 aliphatic rings. The highest BCUT2D eigenvalue weighted by atomic mass is 35.5. The first-order valence-corrected chi connectivity index (χ1v) is 10.8. The minimum Gasteiger partial charge on any atom is -0.376 e. The summed E-state index contributed by atoms with van der Waals surface area (Å²) in [7, 11) is 0. The number of amides is 1. The van der Waals surface area contributed by atoms with Crippen LogP contribution in [-0.4, -0.2) is 35.3 Å². The average molecular weight is 452 g/mol. The third-order valence-electron chi connectivity index (χ3n) is 4.83. The molecule has 4 rings (SSSR count). The molecule has 3 aromatic rings. The minimum atomic E-state index is -0.195. The van der Waals surface area contributed by atoms with Crippen molar-refractivity contribution in [3.05, 3.63) is 50.6 Å². The van der Waals surface area contributed by atoms with Gasteiger partial charge in [-0.2, -0.15) is 0 Å². The molecule has 1 fully saturated rings. The summed E-state index contributed by atoms with van der Waals surface area (Å²) in [5.74, 6) is 0.294. The van der Waals surface area contributed by atoms with Gasteiger partial charge in [0, 0.05) is 22.6 Å². The summed E-state index contributed by atoms with van der Waals surface area (Å²) >= 11 is 13.7. The van der Waals surface area contributed by atoms with Crippen molar-refractivity contribution in [1.29, 1.82) is 0 Å². The molecule has 6 nitrogen and oxygen atoms in total. The molecule has 1 amide bonds. The molecule has 1 aromatic carbocycles. The predicted octanol–water partition coefficient (Wildman–Crippen LogP) is 5.55. The van der Waals surface area contributed by atoms with Crippen molar-refractivity contribution >= 4 is 45.6 Å². The number of aryl methyl sites for hydroxylation is 2. The van der Waals surface area contributed by atoms with Crippen LogP contribution in [0.5, 0.6) is 0 Å². The zero-order valence-corrected chi connectivity index (χ0v) is 18.3. The Morgan fingerprint density at radius 1 is 1.34 bits per heavy atom. The quantitative estimate of drug-likeness (QED) is 0.508. The van der Waals surface area contributed by atoms with Crippen molar-refractivity contribution in [3.63, 3.8) is 0 Å². The molecule has 1 saturated heterocycles. The third kappa shape index (κ3) is 4.19. The van der Waals surface area contributed by atoms with Crippen LogP contribution in [0, 0.1) is 13.8 Å². The van der Waals surface area contributed by atoms with Gasteiger partial charge in [-0.1, -0.05) is 28.4 Å². The monoisotopic (exact) mass is 451 g/mol. The molecule has 0 bridgehead atoms. The summed E-state index contributed by atoms with van der Waals surface area (Å²) in [5, 5.41) is 7.44. The molecular formula is C20H19Cl2N3O3S. The van der Waals surface area contributed by atoms with Crippen LogP contribution in [0.1, 0.15) is 34.7 Å². The van der Waals surface area contributed by atoms with Crippen molar-refractivity contribution in [2.45, 2.75) is 32.8 Å².